The van der Waals surface area contributed by atoms with Crippen LogP contribution in [0.2, 0.25) is 0 Å². The number of amides is 2. The van der Waals surface area contributed by atoms with Crippen molar-refractivity contribution in [2.75, 3.05) is 0 Å². The number of benzene rings is 1. The normalized spacial score (nSPS) is 12.0. The second kappa shape index (κ2) is 8.48. The Balaban J connectivity index is 1.83. The first-order valence-corrected chi connectivity index (χ1v) is 8.75. The molecular weight excluding hydrogens is 336 g/mol. The number of nitrogens with one attached hydrogen (secondary N) is 2. The molecule has 0 unspecified atom stereocenters. The van der Waals surface area contributed by atoms with E-state index in [0.717, 1.165) is 16.0 Å². The molecular formula is C19H22N2O3S. The van der Waals surface area contributed by atoms with Gasteiger partial charge in [0.15, 0.2) is 6.10 Å². The maximum atomic E-state index is 12.1. The molecule has 0 saturated heterocycles. The van der Waals surface area contributed by atoms with E-state index in [1.165, 1.54) is 11.0 Å². The van der Waals surface area contributed by atoms with Gasteiger partial charge < -0.3 is 4.74 Å². The van der Waals surface area contributed by atoms with Crippen molar-refractivity contribution in [3.05, 3.63) is 57.3 Å². The van der Waals surface area contributed by atoms with Crippen LogP contribution in [-0.4, -0.2) is 17.9 Å². The molecule has 0 fully saturated rings. The molecule has 5 nitrogen and oxygen atoms in total. The number of carbonyl (C=O) groups excluding carboxylic acids is 2. The molecule has 0 saturated carbocycles. The number of hydrogen-bond acceptors (Lipinski definition) is 4. The lowest BCUT2D eigenvalue weighted by molar-refractivity contribution is -0.131. The zero-order valence-electron chi connectivity index (χ0n) is 14.8. The number of rotatable bonds is 5. The molecule has 2 rings (SSSR count). The number of thiophene rings is 1. The standard InChI is InChI=1S/C19H22N2O3S/c1-12-6-5-7-17(14(12)3)24-15(4)19(23)21-20-18(22)11-10-16-9-8-13(2)25-16/h5-11,15H,1-4H3,(H,20,22)(H,21,23)/b11-10+/t15-/m1/s1. The zero-order chi connectivity index (χ0) is 18.4. The van der Waals surface area contributed by atoms with Crippen LogP contribution in [0, 0.1) is 20.8 Å². The lowest BCUT2D eigenvalue weighted by atomic mass is 10.1. The van der Waals surface area contributed by atoms with Crippen LogP contribution < -0.4 is 15.6 Å². The van der Waals surface area contributed by atoms with Gasteiger partial charge in [-0.05, 0) is 63.1 Å². The summed E-state index contributed by atoms with van der Waals surface area (Å²) >= 11 is 1.59. The molecule has 2 N–H and O–H groups in total. The SMILES string of the molecule is Cc1ccc(/C=C/C(=O)NNC(=O)[C@@H](C)Oc2cccc(C)c2C)s1. The van der Waals surface area contributed by atoms with E-state index in [0.29, 0.717) is 5.75 Å². The monoisotopic (exact) mass is 358 g/mol. The van der Waals surface area contributed by atoms with E-state index in [2.05, 4.69) is 10.9 Å². The fourth-order valence-electron chi connectivity index (χ4n) is 2.06. The number of hydrazine groups is 1. The minimum absolute atomic E-state index is 0.404. The van der Waals surface area contributed by atoms with Gasteiger partial charge in [-0.1, -0.05) is 12.1 Å². The molecule has 0 aliphatic rings. The molecule has 0 aliphatic heterocycles. The van der Waals surface area contributed by atoms with Crippen LogP contribution in [0.5, 0.6) is 5.75 Å². The van der Waals surface area contributed by atoms with Gasteiger partial charge in [0.05, 0.1) is 0 Å². The lowest BCUT2D eigenvalue weighted by Crippen LogP contribution is -2.46. The van der Waals surface area contributed by atoms with Gasteiger partial charge in [-0.3, -0.25) is 20.4 Å². The number of aryl methyl sites for hydroxylation is 2. The van der Waals surface area contributed by atoms with Gasteiger partial charge in [0.1, 0.15) is 5.75 Å². The van der Waals surface area contributed by atoms with Crippen LogP contribution in [0.1, 0.15) is 27.8 Å². The summed E-state index contributed by atoms with van der Waals surface area (Å²) in [7, 11) is 0. The summed E-state index contributed by atoms with van der Waals surface area (Å²) < 4.78 is 5.67. The fourth-order valence-corrected chi connectivity index (χ4v) is 2.84. The molecule has 1 aromatic heterocycles. The average molecular weight is 358 g/mol. The molecule has 6 heteroatoms. The highest BCUT2D eigenvalue weighted by molar-refractivity contribution is 7.12. The summed E-state index contributed by atoms with van der Waals surface area (Å²) in [5, 5.41) is 0. The molecule has 1 atom stereocenters. The van der Waals surface area contributed by atoms with Crippen LogP contribution in [0.15, 0.2) is 36.4 Å². The van der Waals surface area contributed by atoms with Crippen molar-refractivity contribution in [1.82, 2.24) is 10.9 Å². The smallest absolute Gasteiger partial charge is 0.279 e. The van der Waals surface area contributed by atoms with Crippen LogP contribution in [-0.2, 0) is 9.59 Å². The van der Waals surface area contributed by atoms with Crippen LogP contribution >= 0.6 is 11.3 Å². The highest BCUT2D eigenvalue weighted by atomic mass is 32.1. The van der Waals surface area contributed by atoms with Crippen LogP contribution in [0.25, 0.3) is 6.08 Å². The predicted molar refractivity (Wildman–Crippen MR) is 100 cm³/mol. The summed E-state index contributed by atoms with van der Waals surface area (Å²) in [4.78, 5) is 26.0. The Labute approximate surface area is 151 Å². The summed E-state index contributed by atoms with van der Waals surface area (Å²) in [5.41, 5.74) is 6.79. The predicted octanol–water partition coefficient (Wildman–Crippen LogP) is 3.30. The molecule has 2 aromatic rings. The first-order valence-electron chi connectivity index (χ1n) is 7.94. The summed E-state index contributed by atoms with van der Waals surface area (Å²) in [6.07, 6.45) is 2.35. The number of hydrogen-bond donors (Lipinski definition) is 2. The lowest BCUT2D eigenvalue weighted by Gasteiger charge is -2.17. The first-order chi connectivity index (χ1) is 11.9. The first kappa shape index (κ1) is 18.7. The minimum Gasteiger partial charge on any atom is -0.481 e. The third-order valence-electron chi connectivity index (χ3n) is 3.70. The third kappa shape index (κ3) is 5.46. The Morgan fingerprint density at radius 1 is 1.12 bits per heavy atom. The average Bonchev–Trinajstić information content (AvgIpc) is 3.00. The van der Waals surface area contributed by atoms with E-state index >= 15 is 0 Å². The van der Waals surface area contributed by atoms with Crippen molar-refractivity contribution >= 4 is 29.2 Å². The van der Waals surface area contributed by atoms with Crippen molar-refractivity contribution < 1.29 is 14.3 Å². The Kier molecular flexibility index (Phi) is 6.36. The number of ether oxygens (including phenoxy) is 1. The Hall–Kier alpha value is -2.60. The van der Waals surface area contributed by atoms with Crippen molar-refractivity contribution in [3.8, 4) is 5.75 Å². The minimum atomic E-state index is -0.732. The van der Waals surface area contributed by atoms with Crippen LogP contribution in [0.4, 0.5) is 0 Å². The molecule has 0 bridgehead atoms. The van der Waals surface area contributed by atoms with E-state index in [9.17, 15) is 9.59 Å². The molecule has 132 valence electrons. The molecule has 1 heterocycles. The van der Waals surface area contributed by atoms with E-state index in [-0.39, 0.29) is 0 Å². The molecule has 0 radical (unpaired) electrons. The second-order valence-electron chi connectivity index (χ2n) is 5.72. The quantitative estimate of drug-likeness (QED) is 0.636. The van der Waals surface area contributed by atoms with E-state index < -0.39 is 17.9 Å². The van der Waals surface area contributed by atoms with Crippen molar-refractivity contribution in [2.45, 2.75) is 33.8 Å². The highest BCUT2D eigenvalue weighted by Gasteiger charge is 2.16. The van der Waals surface area contributed by atoms with E-state index in [4.69, 9.17) is 4.74 Å². The Morgan fingerprint density at radius 3 is 2.56 bits per heavy atom. The third-order valence-corrected chi connectivity index (χ3v) is 4.66. The fraction of sp³-hybridized carbons (Fsp3) is 0.263. The summed E-state index contributed by atoms with van der Waals surface area (Å²) in [6.45, 7) is 7.55. The molecule has 2 amide bonds. The van der Waals surface area contributed by atoms with Crippen molar-refractivity contribution in [3.63, 3.8) is 0 Å². The Morgan fingerprint density at radius 2 is 1.88 bits per heavy atom. The van der Waals surface area contributed by atoms with Gasteiger partial charge in [-0.15, -0.1) is 11.3 Å². The summed E-state index contributed by atoms with van der Waals surface area (Å²) in [5.74, 6) is -0.171. The van der Waals surface area contributed by atoms with E-state index in [1.807, 2.05) is 51.1 Å². The maximum Gasteiger partial charge on any atom is 0.279 e. The maximum absolute atomic E-state index is 12.1. The van der Waals surface area contributed by atoms with Gasteiger partial charge in [-0.25, -0.2) is 0 Å². The van der Waals surface area contributed by atoms with E-state index in [1.54, 1.807) is 24.3 Å². The largest absolute Gasteiger partial charge is 0.481 e. The Bertz CT molecular complexity index is 796. The molecule has 1 aromatic carbocycles. The van der Waals surface area contributed by atoms with Gasteiger partial charge >= 0.3 is 0 Å². The van der Waals surface area contributed by atoms with Gasteiger partial charge in [0, 0.05) is 15.8 Å². The summed E-state index contributed by atoms with van der Waals surface area (Å²) in [6, 6.07) is 9.59. The van der Waals surface area contributed by atoms with Crippen molar-refractivity contribution in [2.24, 2.45) is 0 Å². The van der Waals surface area contributed by atoms with Gasteiger partial charge in [0.25, 0.3) is 11.8 Å². The molecule has 25 heavy (non-hydrogen) atoms. The molecule has 0 aliphatic carbocycles. The second-order valence-corrected chi connectivity index (χ2v) is 7.04. The van der Waals surface area contributed by atoms with Crippen molar-refractivity contribution in [1.29, 1.82) is 0 Å². The highest BCUT2D eigenvalue weighted by Crippen LogP contribution is 2.21. The molecule has 0 spiro atoms. The zero-order valence-corrected chi connectivity index (χ0v) is 15.6. The van der Waals surface area contributed by atoms with Gasteiger partial charge in [0.2, 0.25) is 0 Å². The number of carbonyl (C=O) groups is 2. The van der Waals surface area contributed by atoms with Crippen LogP contribution in [0.3, 0.4) is 0 Å². The van der Waals surface area contributed by atoms with Gasteiger partial charge in [-0.2, -0.15) is 0 Å². The topological polar surface area (TPSA) is 67.4 Å².